The van der Waals surface area contributed by atoms with Gasteiger partial charge in [0, 0.05) is 11.3 Å². The quantitative estimate of drug-likeness (QED) is 0.709. The van der Waals surface area contributed by atoms with Crippen molar-refractivity contribution in [2.24, 2.45) is 0 Å². The minimum absolute atomic E-state index is 0.284. The molecule has 0 saturated heterocycles. The van der Waals surface area contributed by atoms with Crippen LogP contribution in [0.2, 0.25) is 0 Å². The lowest BCUT2D eigenvalue weighted by atomic mass is 9.96. The highest BCUT2D eigenvalue weighted by Crippen LogP contribution is 2.41. The van der Waals surface area contributed by atoms with Gasteiger partial charge in [-0.25, -0.2) is 0 Å². The van der Waals surface area contributed by atoms with Crippen LogP contribution in [-0.4, -0.2) is 12.0 Å². The predicted octanol–water partition coefficient (Wildman–Crippen LogP) is 4.35. The minimum atomic E-state index is 0.284. The van der Waals surface area contributed by atoms with Crippen LogP contribution in [0.25, 0.3) is 0 Å². The van der Waals surface area contributed by atoms with E-state index in [1.807, 2.05) is 6.07 Å². The highest BCUT2D eigenvalue weighted by Gasteiger charge is 2.28. The molecule has 2 atom stereocenters. The molecule has 1 aromatic carbocycles. The second-order valence-corrected chi connectivity index (χ2v) is 5.00. The number of halogens is 1. The lowest BCUT2D eigenvalue weighted by Crippen LogP contribution is -2.08. The van der Waals surface area contributed by atoms with Gasteiger partial charge in [0.1, 0.15) is 5.75 Å². The van der Waals surface area contributed by atoms with Gasteiger partial charge < -0.3 is 4.74 Å². The number of hydrogen-bond donors (Lipinski definition) is 0. The van der Waals surface area contributed by atoms with E-state index in [0.717, 1.165) is 25.2 Å². The Morgan fingerprint density at radius 3 is 2.81 bits per heavy atom. The molecule has 0 radical (unpaired) electrons. The van der Waals surface area contributed by atoms with Crippen molar-refractivity contribution >= 4 is 11.6 Å². The Hall–Kier alpha value is -0.690. The van der Waals surface area contributed by atoms with E-state index in [-0.39, 0.29) is 5.38 Å². The molecule has 0 heterocycles. The van der Waals surface area contributed by atoms with E-state index in [1.165, 1.54) is 18.4 Å². The fourth-order valence-electron chi connectivity index (χ4n) is 2.40. The zero-order chi connectivity index (χ0) is 11.4. The van der Waals surface area contributed by atoms with Gasteiger partial charge in [-0.15, -0.1) is 11.6 Å². The summed E-state index contributed by atoms with van der Waals surface area (Å²) in [6.07, 6.45) is 4.61. The molecule has 1 aliphatic rings. The van der Waals surface area contributed by atoms with Crippen molar-refractivity contribution in [1.29, 1.82) is 0 Å². The summed E-state index contributed by atoms with van der Waals surface area (Å²) in [5, 5.41) is 0.284. The number of para-hydroxylation sites is 1. The zero-order valence-corrected chi connectivity index (χ0v) is 10.5. The third-order valence-electron chi connectivity index (χ3n) is 3.21. The zero-order valence-electron chi connectivity index (χ0n) is 9.79. The van der Waals surface area contributed by atoms with Gasteiger partial charge in [-0.1, -0.05) is 31.5 Å². The average Bonchev–Trinajstić information content (AvgIpc) is 2.73. The first-order valence-corrected chi connectivity index (χ1v) is 6.62. The fraction of sp³-hybridized carbons (Fsp3) is 0.571. The van der Waals surface area contributed by atoms with Crippen LogP contribution in [0, 0.1) is 0 Å². The number of hydrogen-bond acceptors (Lipinski definition) is 1. The molecule has 1 aromatic rings. The standard InChI is InChI=1S/C14H19ClO/c1-2-10-16-14-9-4-3-6-12(14)11-7-5-8-13(11)15/h3-4,6,9,11,13H,2,5,7-8,10H2,1H3. The average molecular weight is 239 g/mol. The molecule has 0 spiro atoms. The van der Waals surface area contributed by atoms with Gasteiger partial charge in [0.05, 0.1) is 6.61 Å². The second kappa shape index (κ2) is 5.58. The molecule has 0 N–H and O–H groups in total. The number of rotatable bonds is 4. The summed E-state index contributed by atoms with van der Waals surface area (Å²) in [7, 11) is 0. The molecule has 2 unspecified atom stereocenters. The molecule has 2 heteroatoms. The van der Waals surface area contributed by atoms with Gasteiger partial charge in [0.25, 0.3) is 0 Å². The van der Waals surface area contributed by atoms with E-state index in [4.69, 9.17) is 16.3 Å². The van der Waals surface area contributed by atoms with Crippen molar-refractivity contribution in [3.05, 3.63) is 29.8 Å². The van der Waals surface area contributed by atoms with E-state index < -0.39 is 0 Å². The molecule has 88 valence electrons. The maximum atomic E-state index is 6.36. The predicted molar refractivity (Wildman–Crippen MR) is 68.5 cm³/mol. The van der Waals surface area contributed by atoms with Crippen LogP contribution in [0.5, 0.6) is 5.75 Å². The lowest BCUT2D eigenvalue weighted by molar-refractivity contribution is 0.312. The van der Waals surface area contributed by atoms with Gasteiger partial charge in [0.2, 0.25) is 0 Å². The Morgan fingerprint density at radius 1 is 1.31 bits per heavy atom. The third-order valence-corrected chi connectivity index (χ3v) is 3.73. The van der Waals surface area contributed by atoms with E-state index in [9.17, 15) is 0 Å². The first-order chi connectivity index (χ1) is 7.83. The molecule has 16 heavy (non-hydrogen) atoms. The summed E-state index contributed by atoms with van der Waals surface area (Å²) in [5.41, 5.74) is 1.30. The Morgan fingerprint density at radius 2 is 2.12 bits per heavy atom. The van der Waals surface area contributed by atoms with Crippen LogP contribution in [0.4, 0.5) is 0 Å². The van der Waals surface area contributed by atoms with Gasteiger partial charge >= 0.3 is 0 Å². The highest BCUT2D eigenvalue weighted by molar-refractivity contribution is 6.21. The first-order valence-electron chi connectivity index (χ1n) is 6.18. The topological polar surface area (TPSA) is 9.23 Å². The van der Waals surface area contributed by atoms with Crippen LogP contribution in [-0.2, 0) is 0 Å². The van der Waals surface area contributed by atoms with E-state index in [2.05, 4.69) is 25.1 Å². The van der Waals surface area contributed by atoms with Crippen LogP contribution in [0.15, 0.2) is 24.3 Å². The van der Waals surface area contributed by atoms with Crippen LogP contribution >= 0.6 is 11.6 Å². The highest BCUT2D eigenvalue weighted by atomic mass is 35.5. The molecule has 0 bridgehead atoms. The summed E-state index contributed by atoms with van der Waals surface area (Å²) >= 11 is 6.36. The number of benzene rings is 1. The molecule has 0 aliphatic heterocycles. The first kappa shape index (κ1) is 11.8. The molecular formula is C14H19ClO. The van der Waals surface area contributed by atoms with Crippen molar-refractivity contribution in [1.82, 2.24) is 0 Å². The van der Waals surface area contributed by atoms with E-state index in [1.54, 1.807) is 0 Å². The van der Waals surface area contributed by atoms with Crippen LogP contribution in [0.3, 0.4) is 0 Å². The molecule has 1 fully saturated rings. The molecule has 0 amide bonds. The van der Waals surface area contributed by atoms with Crippen molar-refractivity contribution < 1.29 is 4.74 Å². The third kappa shape index (κ3) is 2.52. The summed E-state index contributed by atoms with van der Waals surface area (Å²) < 4.78 is 5.79. The van der Waals surface area contributed by atoms with Crippen molar-refractivity contribution in [3.63, 3.8) is 0 Å². The molecule has 0 aromatic heterocycles. The van der Waals surface area contributed by atoms with Crippen molar-refractivity contribution in [2.75, 3.05) is 6.61 Å². The summed E-state index contributed by atoms with van der Waals surface area (Å²) in [5.74, 6) is 1.51. The maximum absolute atomic E-state index is 6.36. The van der Waals surface area contributed by atoms with Crippen molar-refractivity contribution in [2.45, 2.75) is 43.9 Å². The summed E-state index contributed by atoms with van der Waals surface area (Å²) in [6, 6.07) is 8.34. The van der Waals surface area contributed by atoms with E-state index in [0.29, 0.717) is 5.92 Å². The van der Waals surface area contributed by atoms with Gasteiger partial charge in [-0.3, -0.25) is 0 Å². The van der Waals surface area contributed by atoms with Crippen molar-refractivity contribution in [3.8, 4) is 5.75 Å². The Balaban J connectivity index is 2.18. The maximum Gasteiger partial charge on any atom is 0.122 e. The van der Waals surface area contributed by atoms with Gasteiger partial charge in [-0.2, -0.15) is 0 Å². The second-order valence-electron chi connectivity index (χ2n) is 4.44. The molecule has 1 saturated carbocycles. The largest absolute Gasteiger partial charge is 0.493 e. The Kier molecular flexibility index (Phi) is 4.11. The van der Waals surface area contributed by atoms with Crippen LogP contribution in [0.1, 0.15) is 44.1 Å². The number of ether oxygens (including phenoxy) is 1. The molecule has 1 nitrogen and oxygen atoms in total. The normalized spacial score (nSPS) is 24.6. The Bertz CT molecular complexity index is 337. The molecule has 1 aliphatic carbocycles. The summed E-state index contributed by atoms with van der Waals surface area (Å²) in [4.78, 5) is 0. The van der Waals surface area contributed by atoms with Crippen LogP contribution < -0.4 is 4.74 Å². The fourth-order valence-corrected chi connectivity index (χ4v) is 2.81. The summed E-state index contributed by atoms with van der Waals surface area (Å²) in [6.45, 7) is 2.92. The smallest absolute Gasteiger partial charge is 0.122 e. The Labute approximate surface area is 103 Å². The SMILES string of the molecule is CCCOc1ccccc1C1CCCC1Cl. The van der Waals surface area contributed by atoms with Gasteiger partial charge in [0.15, 0.2) is 0 Å². The van der Waals surface area contributed by atoms with E-state index >= 15 is 0 Å². The molecule has 2 rings (SSSR count). The van der Waals surface area contributed by atoms with Gasteiger partial charge in [-0.05, 0) is 30.9 Å². The lowest BCUT2D eigenvalue weighted by Gasteiger charge is -2.18. The monoisotopic (exact) mass is 238 g/mol. The number of alkyl halides is 1. The minimum Gasteiger partial charge on any atom is -0.493 e. The molecular weight excluding hydrogens is 220 g/mol.